The molecule has 0 saturated carbocycles. The van der Waals surface area contributed by atoms with Crippen LogP contribution in [0.25, 0.3) is 0 Å². The molecular weight excluding hydrogens is 324 g/mol. The van der Waals surface area contributed by atoms with Crippen molar-refractivity contribution in [3.05, 3.63) is 33.1 Å². The van der Waals surface area contributed by atoms with E-state index in [0.717, 1.165) is 66.9 Å². The second-order valence-electron chi connectivity index (χ2n) is 6.35. The van der Waals surface area contributed by atoms with E-state index >= 15 is 0 Å². The number of thiazole rings is 1. The van der Waals surface area contributed by atoms with Crippen molar-refractivity contribution in [2.24, 2.45) is 0 Å². The van der Waals surface area contributed by atoms with E-state index in [9.17, 15) is 4.79 Å². The Hall–Kier alpha value is -1.73. The molecule has 0 radical (unpaired) electrons. The monoisotopic (exact) mass is 348 g/mol. The number of amides is 1. The standard InChI is InChI=1S/C17H24N4O2S/c1-12-16(13(2)23-19-12)9-17(22)21-6-4-5-20(7-8-21)10-15-11-24-14(3)18-15/h11H,4-10H2,1-3H3. The molecule has 1 saturated heterocycles. The van der Waals surface area contributed by atoms with E-state index in [2.05, 4.69) is 20.4 Å². The summed E-state index contributed by atoms with van der Waals surface area (Å²) in [5, 5.41) is 7.17. The van der Waals surface area contributed by atoms with Crippen molar-refractivity contribution in [1.29, 1.82) is 0 Å². The lowest BCUT2D eigenvalue weighted by molar-refractivity contribution is -0.130. The third-order valence-electron chi connectivity index (χ3n) is 4.50. The van der Waals surface area contributed by atoms with Gasteiger partial charge in [0.25, 0.3) is 0 Å². The molecule has 0 N–H and O–H groups in total. The van der Waals surface area contributed by atoms with E-state index in [4.69, 9.17) is 4.52 Å². The highest BCUT2D eigenvalue weighted by molar-refractivity contribution is 7.09. The van der Waals surface area contributed by atoms with Crippen molar-refractivity contribution in [3.63, 3.8) is 0 Å². The molecule has 0 unspecified atom stereocenters. The van der Waals surface area contributed by atoms with Crippen LogP contribution in [0.15, 0.2) is 9.90 Å². The second kappa shape index (κ2) is 7.44. The molecule has 2 aromatic heterocycles. The van der Waals surface area contributed by atoms with Crippen molar-refractivity contribution in [2.75, 3.05) is 26.2 Å². The SMILES string of the molecule is Cc1nc(CN2CCCN(C(=O)Cc3c(C)noc3C)CC2)cs1. The van der Waals surface area contributed by atoms with Crippen LogP contribution in [0, 0.1) is 20.8 Å². The maximum Gasteiger partial charge on any atom is 0.227 e. The molecule has 6 nitrogen and oxygen atoms in total. The van der Waals surface area contributed by atoms with Gasteiger partial charge in [0.2, 0.25) is 5.91 Å². The van der Waals surface area contributed by atoms with Crippen molar-refractivity contribution in [3.8, 4) is 0 Å². The lowest BCUT2D eigenvalue weighted by Gasteiger charge is -2.21. The van der Waals surface area contributed by atoms with Gasteiger partial charge >= 0.3 is 0 Å². The first-order chi connectivity index (χ1) is 11.5. The molecule has 0 bridgehead atoms. The summed E-state index contributed by atoms with van der Waals surface area (Å²) >= 11 is 1.69. The van der Waals surface area contributed by atoms with Gasteiger partial charge in [0.1, 0.15) is 5.76 Å². The van der Waals surface area contributed by atoms with Crippen molar-refractivity contribution >= 4 is 17.2 Å². The summed E-state index contributed by atoms with van der Waals surface area (Å²) in [4.78, 5) is 21.5. The van der Waals surface area contributed by atoms with Crippen LogP contribution in [0.5, 0.6) is 0 Å². The summed E-state index contributed by atoms with van der Waals surface area (Å²) in [6, 6.07) is 0. The summed E-state index contributed by atoms with van der Waals surface area (Å²) in [6.45, 7) is 10.1. The fraction of sp³-hybridized carbons (Fsp3) is 0.588. The van der Waals surface area contributed by atoms with E-state index < -0.39 is 0 Å². The van der Waals surface area contributed by atoms with Crippen LogP contribution >= 0.6 is 11.3 Å². The predicted octanol–water partition coefficient (Wildman–Crippen LogP) is 2.33. The van der Waals surface area contributed by atoms with Gasteiger partial charge in [-0.1, -0.05) is 5.16 Å². The quantitative estimate of drug-likeness (QED) is 0.849. The first kappa shape index (κ1) is 17.1. The Labute approximate surface area is 146 Å². The third-order valence-corrected chi connectivity index (χ3v) is 5.32. The van der Waals surface area contributed by atoms with Gasteiger partial charge in [-0.15, -0.1) is 11.3 Å². The first-order valence-electron chi connectivity index (χ1n) is 8.36. The van der Waals surface area contributed by atoms with Crippen LogP contribution in [0.4, 0.5) is 0 Å². The molecule has 0 aromatic carbocycles. The highest BCUT2D eigenvalue weighted by atomic mass is 32.1. The zero-order chi connectivity index (χ0) is 17.1. The zero-order valence-electron chi connectivity index (χ0n) is 14.5. The average molecular weight is 348 g/mol. The molecule has 3 rings (SSSR count). The fourth-order valence-corrected chi connectivity index (χ4v) is 3.71. The molecule has 0 spiro atoms. The van der Waals surface area contributed by atoms with Crippen molar-refractivity contribution < 1.29 is 9.32 Å². The smallest absolute Gasteiger partial charge is 0.227 e. The van der Waals surface area contributed by atoms with Gasteiger partial charge in [-0.05, 0) is 27.2 Å². The largest absolute Gasteiger partial charge is 0.361 e. The topological polar surface area (TPSA) is 62.5 Å². The van der Waals surface area contributed by atoms with E-state index in [1.807, 2.05) is 25.7 Å². The maximum absolute atomic E-state index is 12.6. The van der Waals surface area contributed by atoms with Gasteiger partial charge in [-0.25, -0.2) is 4.98 Å². The first-order valence-corrected chi connectivity index (χ1v) is 9.24. The molecule has 0 atom stereocenters. The molecule has 0 aliphatic carbocycles. The fourth-order valence-electron chi connectivity index (χ4n) is 3.11. The molecule has 1 fully saturated rings. The maximum atomic E-state index is 12.6. The zero-order valence-corrected chi connectivity index (χ0v) is 15.4. The number of hydrogen-bond acceptors (Lipinski definition) is 6. The third kappa shape index (κ3) is 4.02. The second-order valence-corrected chi connectivity index (χ2v) is 7.41. The summed E-state index contributed by atoms with van der Waals surface area (Å²) in [6.07, 6.45) is 1.38. The molecule has 1 amide bonds. The average Bonchev–Trinajstić information content (AvgIpc) is 2.99. The minimum atomic E-state index is 0.163. The molecule has 2 aromatic rings. The number of nitrogens with zero attached hydrogens (tertiary/aromatic N) is 4. The highest BCUT2D eigenvalue weighted by Crippen LogP contribution is 2.16. The lowest BCUT2D eigenvalue weighted by atomic mass is 10.1. The van der Waals surface area contributed by atoms with Gasteiger partial charge in [0, 0.05) is 43.7 Å². The Balaban J connectivity index is 1.56. The minimum absolute atomic E-state index is 0.163. The lowest BCUT2D eigenvalue weighted by Crippen LogP contribution is -2.36. The molecule has 130 valence electrons. The summed E-state index contributed by atoms with van der Waals surface area (Å²) in [5.74, 6) is 0.909. The number of carbonyl (C=O) groups is 1. The summed E-state index contributed by atoms with van der Waals surface area (Å²) in [7, 11) is 0. The molecule has 1 aliphatic rings. The number of hydrogen-bond donors (Lipinski definition) is 0. The number of aryl methyl sites for hydroxylation is 3. The van der Waals surface area contributed by atoms with Crippen LogP contribution in [0.1, 0.15) is 34.1 Å². The van der Waals surface area contributed by atoms with Crippen molar-refractivity contribution in [2.45, 2.75) is 40.2 Å². The summed E-state index contributed by atoms with van der Waals surface area (Å²) < 4.78 is 5.16. The number of carbonyl (C=O) groups excluding carboxylic acids is 1. The van der Waals surface area contributed by atoms with E-state index in [-0.39, 0.29) is 5.91 Å². The molecule has 1 aliphatic heterocycles. The Bertz CT molecular complexity index is 690. The van der Waals surface area contributed by atoms with E-state index in [1.165, 1.54) is 0 Å². The van der Waals surface area contributed by atoms with Gasteiger partial charge in [0.15, 0.2) is 0 Å². The Morgan fingerprint density at radius 1 is 1.25 bits per heavy atom. The van der Waals surface area contributed by atoms with Crippen molar-refractivity contribution in [1.82, 2.24) is 19.9 Å². The predicted molar refractivity (Wildman–Crippen MR) is 93.0 cm³/mol. The van der Waals surface area contributed by atoms with Crippen LogP contribution in [-0.2, 0) is 17.8 Å². The van der Waals surface area contributed by atoms with E-state index in [0.29, 0.717) is 6.42 Å². The normalized spacial score (nSPS) is 16.4. The Morgan fingerprint density at radius 2 is 2.08 bits per heavy atom. The Morgan fingerprint density at radius 3 is 2.75 bits per heavy atom. The summed E-state index contributed by atoms with van der Waals surface area (Å²) in [5.41, 5.74) is 2.88. The van der Waals surface area contributed by atoms with Crippen LogP contribution in [0.2, 0.25) is 0 Å². The van der Waals surface area contributed by atoms with Gasteiger partial charge < -0.3 is 9.42 Å². The van der Waals surface area contributed by atoms with E-state index in [1.54, 1.807) is 11.3 Å². The number of aromatic nitrogens is 2. The molecule has 24 heavy (non-hydrogen) atoms. The van der Waals surface area contributed by atoms with Crippen LogP contribution < -0.4 is 0 Å². The van der Waals surface area contributed by atoms with Crippen LogP contribution in [0.3, 0.4) is 0 Å². The number of rotatable bonds is 4. The molecule has 3 heterocycles. The molecular formula is C17H24N4O2S. The highest BCUT2D eigenvalue weighted by Gasteiger charge is 2.22. The Kier molecular flexibility index (Phi) is 5.30. The molecule has 7 heteroatoms. The van der Waals surface area contributed by atoms with Gasteiger partial charge in [-0.3, -0.25) is 9.69 Å². The van der Waals surface area contributed by atoms with Gasteiger partial charge in [-0.2, -0.15) is 0 Å². The van der Waals surface area contributed by atoms with Crippen LogP contribution in [-0.4, -0.2) is 52.0 Å². The minimum Gasteiger partial charge on any atom is -0.361 e. The van der Waals surface area contributed by atoms with Gasteiger partial charge in [0.05, 0.1) is 22.8 Å².